The summed E-state index contributed by atoms with van der Waals surface area (Å²) in [5, 5.41) is 43.6. The first-order chi connectivity index (χ1) is 63.3. The van der Waals surface area contributed by atoms with Gasteiger partial charge >= 0.3 is 18.3 Å². The molecule has 6 heterocycles. The Labute approximate surface area is 786 Å². The Morgan fingerprint density at radius 2 is 0.647 bits per heavy atom. The molecule has 0 radical (unpaired) electrons. The Hall–Kier alpha value is -14.8. The van der Waals surface area contributed by atoms with Gasteiger partial charge in [-0.25, -0.2) is 42.8 Å². The highest BCUT2D eigenvalue weighted by molar-refractivity contribution is 9.10. The molecular formula is C101H97Br2N13O16S. The van der Waals surface area contributed by atoms with E-state index < -0.39 is 62.0 Å². The molecule has 0 saturated heterocycles. The molecule has 0 aliphatic carbocycles. The number of carbonyl (C=O) groups excluding carboxylic acids is 7. The van der Waals surface area contributed by atoms with Gasteiger partial charge in [0.15, 0.2) is 0 Å². The number of furan rings is 2. The number of hydrogen-bond donors (Lipinski definition) is 4. The van der Waals surface area contributed by atoms with Crippen molar-refractivity contribution in [1.29, 1.82) is 0 Å². The number of rotatable bonds is 18. The van der Waals surface area contributed by atoms with Crippen molar-refractivity contribution in [2.75, 3.05) is 26.9 Å². The first kappa shape index (κ1) is 95.8. The van der Waals surface area contributed by atoms with E-state index in [0.29, 0.717) is 82.4 Å². The maximum Gasteiger partial charge on any atom is 0.412 e. The molecule has 7 amide bonds. The highest BCUT2D eigenvalue weighted by Gasteiger charge is 2.40. The average Bonchev–Trinajstić information content (AvgIpc) is 1.65. The summed E-state index contributed by atoms with van der Waals surface area (Å²) in [4.78, 5) is 99.6. The molecule has 0 saturated carbocycles. The average molecular weight is 1940 g/mol. The summed E-state index contributed by atoms with van der Waals surface area (Å²) in [6, 6.07) is 81.7. The van der Waals surface area contributed by atoms with Crippen molar-refractivity contribution in [2.24, 2.45) is 20.4 Å². The number of nitro benzene ring substituents is 1. The number of ether oxygens (including phenoxy) is 3. The van der Waals surface area contributed by atoms with E-state index in [0.717, 1.165) is 71.3 Å². The first-order valence-electron chi connectivity index (χ1n) is 42.3. The van der Waals surface area contributed by atoms with E-state index in [1.165, 1.54) is 40.5 Å². The number of non-ortho nitro benzene ring substituents is 1. The van der Waals surface area contributed by atoms with Gasteiger partial charge in [0.2, 0.25) is 10.0 Å². The van der Waals surface area contributed by atoms with E-state index in [1.54, 1.807) is 140 Å². The molecule has 16 rings (SSSR count). The maximum absolute atomic E-state index is 13.4. The summed E-state index contributed by atoms with van der Waals surface area (Å²) in [6.45, 7) is 18.2. The van der Waals surface area contributed by atoms with Gasteiger partial charge in [-0.3, -0.25) is 50.0 Å². The van der Waals surface area contributed by atoms with Crippen LogP contribution in [0.3, 0.4) is 0 Å². The van der Waals surface area contributed by atoms with Gasteiger partial charge in [0.05, 0.1) is 58.6 Å². The number of aryl methyl sites for hydroxylation is 1. The standard InChI is InChI=1S/C27H26BrN3O3.C25H24BrN3O4.C25H24N4O6.C24H23N3O3S/c1-27(2,3)34-26(33)29-22-15-11-18(12-16-22)23-17-24(19-7-5-4-6-8-19)31(30-23)25(32)20-9-13-21(28)14-10-20;1-25(2,3)33-24(31)27-19-12-8-16(9-13-19)20-15-21(22-5-4-14-32-22)29(28-20)23(30)17-6-10-18(26)11-7-17;1-25(2,3)35-24(31)26-18-10-6-16(7-11-18)20-15-21(22-5-4-14-34-22)28(27-20)23(30)17-8-12-19(13-9-17)29(32)33;1-17-8-10-20(11-9-17)24(28)27-23(19-6-4-3-5-7-19)16-22(25-27)18-12-14-21(15-13-18)26-31(2,29)30/h4-16,24H,17H2,1-3H3,(H,29,33);4-14,21H,15H2,1-3H3,(H,27,31);4-14,21H,15H2,1-3H3,(H,26,31);3-15,23,26H,16H2,1-2H3. The summed E-state index contributed by atoms with van der Waals surface area (Å²) in [5.74, 6) is 0.324. The summed E-state index contributed by atoms with van der Waals surface area (Å²) < 4.78 is 54.1. The number of hydrogen-bond acceptors (Lipinski definition) is 20. The van der Waals surface area contributed by atoms with E-state index in [2.05, 4.69) is 67.8 Å². The third-order valence-corrected chi connectivity index (χ3v) is 22.2. The quantitative estimate of drug-likeness (QED) is 0.0352. The van der Waals surface area contributed by atoms with Crippen LogP contribution in [0.4, 0.5) is 42.8 Å². The SMILES string of the molecule is CC(C)(C)OC(=O)Nc1ccc(C2=NN(C(=O)c3ccc(Br)cc3)C(c3ccccc3)C2)cc1.CC(C)(C)OC(=O)Nc1ccc(C2=NN(C(=O)c3ccc(Br)cc3)C(c3ccco3)C2)cc1.CC(C)(C)OC(=O)Nc1ccc(C2=NN(C(=O)c3ccc([N+](=O)[O-])cc3)C(c3ccco3)C2)cc1.Cc1ccc(C(=O)N2N=C(c3ccc(NS(C)(=O)=O)cc3)CC2c2ccccc2)cc1. The van der Waals surface area contributed by atoms with Crippen LogP contribution in [0.15, 0.2) is 330 Å². The van der Waals surface area contributed by atoms with Crippen molar-refractivity contribution >= 4 is 135 Å². The minimum Gasteiger partial charge on any atom is -0.467 e. The van der Waals surface area contributed by atoms with Crippen LogP contribution in [0.25, 0.3) is 0 Å². The molecular weight excluding hydrogens is 1840 g/mol. The van der Waals surface area contributed by atoms with Crippen LogP contribution in [0.1, 0.15) is 204 Å². The van der Waals surface area contributed by atoms with Crippen molar-refractivity contribution in [2.45, 2.75) is 136 Å². The van der Waals surface area contributed by atoms with E-state index in [9.17, 15) is 52.1 Å². The number of anilines is 4. The van der Waals surface area contributed by atoms with Crippen molar-refractivity contribution in [1.82, 2.24) is 20.0 Å². The zero-order valence-corrected chi connectivity index (χ0v) is 78.6. The Bertz CT molecular complexity index is 6410. The fourth-order valence-electron chi connectivity index (χ4n) is 14.3. The lowest BCUT2D eigenvalue weighted by Crippen LogP contribution is -2.27. The Morgan fingerprint density at radius 1 is 0.376 bits per heavy atom. The predicted molar refractivity (Wildman–Crippen MR) is 517 cm³/mol. The fourth-order valence-corrected chi connectivity index (χ4v) is 15.4. The maximum atomic E-state index is 13.4. The molecule has 4 N–H and O–H groups in total. The Morgan fingerprint density at radius 3 is 0.917 bits per heavy atom. The van der Waals surface area contributed by atoms with Crippen molar-refractivity contribution in [3.63, 3.8) is 0 Å². The fraction of sp³-hybridized carbons (Fsp3) is 0.218. The van der Waals surface area contributed by atoms with Crippen LogP contribution in [-0.4, -0.2) is 121 Å². The molecule has 29 nitrogen and oxygen atoms in total. The van der Waals surface area contributed by atoms with Crippen LogP contribution in [0, 0.1) is 17.0 Å². The van der Waals surface area contributed by atoms with E-state index in [-0.39, 0.29) is 47.1 Å². The monoisotopic (exact) mass is 1940 g/mol. The number of nitro groups is 1. The molecule has 4 aliphatic rings. The third-order valence-electron chi connectivity index (χ3n) is 20.5. The summed E-state index contributed by atoms with van der Waals surface area (Å²) in [6.07, 6.45) is 4.73. The second-order valence-electron chi connectivity index (χ2n) is 34.3. The predicted octanol–water partition coefficient (Wildman–Crippen LogP) is 23.1. The lowest BCUT2D eigenvalue weighted by molar-refractivity contribution is -0.384. The van der Waals surface area contributed by atoms with Gasteiger partial charge in [0.25, 0.3) is 29.3 Å². The minimum absolute atomic E-state index is 0.102. The third kappa shape index (κ3) is 26.3. The molecule has 2 aromatic heterocycles. The molecule has 4 aliphatic heterocycles. The minimum atomic E-state index is -3.34. The van der Waals surface area contributed by atoms with Crippen LogP contribution in [0.5, 0.6) is 0 Å². The number of carbonyl (C=O) groups is 7. The highest BCUT2D eigenvalue weighted by Crippen LogP contribution is 2.40. The number of amides is 7. The molecule has 4 atom stereocenters. The van der Waals surface area contributed by atoms with Gasteiger partial charge < -0.3 is 23.0 Å². The molecule has 0 spiro atoms. The van der Waals surface area contributed by atoms with Gasteiger partial charge in [-0.05, 0) is 248 Å². The molecule has 10 aromatic carbocycles. The largest absolute Gasteiger partial charge is 0.467 e. The summed E-state index contributed by atoms with van der Waals surface area (Å²) in [5.41, 5.74) is 11.9. The molecule has 0 bridgehead atoms. The van der Waals surface area contributed by atoms with E-state index in [4.69, 9.17) is 28.1 Å². The topological polar surface area (TPSA) is 361 Å². The molecule has 682 valence electrons. The number of hydrazone groups is 4. The van der Waals surface area contributed by atoms with Crippen molar-refractivity contribution in [3.8, 4) is 0 Å². The number of nitrogens with one attached hydrogen (secondary N) is 4. The molecule has 12 aromatic rings. The summed E-state index contributed by atoms with van der Waals surface area (Å²) >= 11 is 6.81. The number of halogens is 2. The molecule has 4 unspecified atom stereocenters. The van der Waals surface area contributed by atoms with Gasteiger partial charge in [-0.15, -0.1) is 0 Å². The van der Waals surface area contributed by atoms with Crippen LogP contribution in [-0.2, 0) is 24.2 Å². The molecule has 32 heteroatoms. The number of benzene rings is 10. The lowest BCUT2D eigenvalue weighted by atomic mass is 9.98. The molecule has 0 fully saturated rings. The highest BCUT2D eigenvalue weighted by atomic mass is 79.9. The lowest BCUT2D eigenvalue weighted by Gasteiger charge is -2.22. The Balaban J connectivity index is 0.000000151. The van der Waals surface area contributed by atoms with E-state index in [1.807, 2.05) is 200 Å². The second-order valence-corrected chi connectivity index (χ2v) is 37.8. The van der Waals surface area contributed by atoms with Gasteiger partial charge in [-0.1, -0.05) is 159 Å². The van der Waals surface area contributed by atoms with E-state index >= 15 is 0 Å². The summed E-state index contributed by atoms with van der Waals surface area (Å²) in [7, 11) is -3.34. The van der Waals surface area contributed by atoms with Crippen LogP contribution < -0.4 is 20.7 Å². The van der Waals surface area contributed by atoms with Crippen LogP contribution in [0.2, 0.25) is 0 Å². The zero-order chi connectivity index (χ0) is 95.1. The zero-order valence-electron chi connectivity index (χ0n) is 74.6. The number of sulfonamides is 1. The van der Waals surface area contributed by atoms with Crippen LogP contribution >= 0.6 is 31.9 Å². The first-order valence-corrected chi connectivity index (χ1v) is 45.8. The number of nitrogens with zero attached hydrogens (tertiary/aromatic N) is 9. The second kappa shape index (κ2) is 42.0. The van der Waals surface area contributed by atoms with Gasteiger partial charge in [-0.2, -0.15) is 20.4 Å². The van der Waals surface area contributed by atoms with Crippen molar-refractivity contribution < 1.29 is 69.9 Å². The van der Waals surface area contributed by atoms with Gasteiger partial charge in [0.1, 0.15) is 40.4 Å². The molecule has 133 heavy (non-hydrogen) atoms. The Kier molecular flexibility index (Phi) is 30.2. The van der Waals surface area contributed by atoms with Crippen molar-refractivity contribution in [3.05, 3.63) is 383 Å². The smallest absolute Gasteiger partial charge is 0.412 e. The normalized spacial score (nSPS) is 15.7. The van der Waals surface area contributed by atoms with Gasteiger partial charge in [0, 0.05) is 91.8 Å².